The maximum atomic E-state index is 9.52. The molecule has 1 heterocycles. The van der Waals surface area contributed by atoms with Crippen LogP contribution in [0.1, 0.15) is 76.8 Å². The van der Waals surface area contributed by atoms with Gasteiger partial charge in [0.15, 0.2) is 0 Å². The Hall–Kier alpha value is -1.53. The van der Waals surface area contributed by atoms with Crippen molar-refractivity contribution < 1.29 is 0 Å². The third-order valence-electron chi connectivity index (χ3n) is 7.08. The largest absolute Gasteiger partial charge is 0.369 e. The van der Waals surface area contributed by atoms with Crippen LogP contribution in [0.4, 0.5) is 5.69 Å². The van der Waals surface area contributed by atoms with Crippen LogP contribution >= 0.6 is 0 Å². The Morgan fingerprint density at radius 2 is 1.64 bits per heavy atom. The van der Waals surface area contributed by atoms with E-state index in [9.17, 15) is 5.26 Å². The Balaban J connectivity index is 1.57. The van der Waals surface area contributed by atoms with Crippen LogP contribution in [0.2, 0.25) is 0 Å². The molecule has 1 aromatic rings. The lowest BCUT2D eigenvalue weighted by molar-refractivity contribution is 0.0969. The lowest BCUT2D eigenvalue weighted by Crippen LogP contribution is -2.47. The monoisotopic (exact) mass is 379 g/mol. The minimum Gasteiger partial charge on any atom is -0.369 e. The second kappa shape index (κ2) is 7.38. The molecule has 2 saturated carbocycles. The molecule has 0 bridgehead atoms. The van der Waals surface area contributed by atoms with E-state index < -0.39 is 0 Å². The van der Waals surface area contributed by atoms with Gasteiger partial charge in [-0.15, -0.1) is 0 Å². The molecule has 28 heavy (non-hydrogen) atoms. The van der Waals surface area contributed by atoms with Gasteiger partial charge in [-0.25, -0.2) is 0 Å². The van der Waals surface area contributed by atoms with Crippen molar-refractivity contribution in [2.75, 3.05) is 37.6 Å². The summed E-state index contributed by atoms with van der Waals surface area (Å²) in [4.78, 5) is 5.25. The molecule has 4 rings (SSSR count). The molecule has 152 valence electrons. The van der Waals surface area contributed by atoms with Crippen molar-refractivity contribution in [3.05, 3.63) is 29.3 Å². The first-order valence-corrected chi connectivity index (χ1v) is 11.3. The maximum absolute atomic E-state index is 9.52. The fourth-order valence-corrected chi connectivity index (χ4v) is 6.14. The van der Waals surface area contributed by atoms with Crippen molar-refractivity contribution in [3.63, 3.8) is 0 Å². The van der Waals surface area contributed by atoms with Gasteiger partial charge < -0.3 is 4.90 Å². The number of rotatable bonds is 4. The molecule has 0 spiro atoms. The van der Waals surface area contributed by atoms with Crippen LogP contribution < -0.4 is 4.90 Å². The predicted octanol–water partition coefficient (Wildman–Crippen LogP) is 5.41. The van der Waals surface area contributed by atoms with Crippen LogP contribution in [-0.4, -0.2) is 37.6 Å². The summed E-state index contributed by atoms with van der Waals surface area (Å²) < 4.78 is 0. The molecule has 0 amide bonds. The van der Waals surface area contributed by atoms with Gasteiger partial charge in [-0.3, -0.25) is 4.90 Å². The van der Waals surface area contributed by atoms with Crippen molar-refractivity contribution >= 4 is 5.69 Å². The van der Waals surface area contributed by atoms with E-state index in [0.29, 0.717) is 16.7 Å². The summed E-state index contributed by atoms with van der Waals surface area (Å²) in [5, 5.41) is 9.52. The number of hydrogen-bond acceptors (Lipinski definition) is 3. The van der Waals surface area contributed by atoms with Gasteiger partial charge in [-0.1, -0.05) is 27.7 Å². The molecule has 3 aliphatic rings. The van der Waals surface area contributed by atoms with E-state index >= 15 is 0 Å². The molecule has 1 saturated heterocycles. The Morgan fingerprint density at radius 3 is 2.21 bits per heavy atom. The summed E-state index contributed by atoms with van der Waals surface area (Å²) in [6.07, 6.45) is 6.60. The zero-order chi connectivity index (χ0) is 19.9. The highest BCUT2D eigenvalue weighted by molar-refractivity contribution is 5.59. The van der Waals surface area contributed by atoms with Gasteiger partial charge in [0.05, 0.1) is 11.6 Å². The third-order valence-corrected chi connectivity index (χ3v) is 7.08. The van der Waals surface area contributed by atoms with Gasteiger partial charge in [0.2, 0.25) is 0 Å². The van der Waals surface area contributed by atoms with Crippen molar-refractivity contribution in [1.29, 1.82) is 5.26 Å². The summed E-state index contributed by atoms with van der Waals surface area (Å²) in [6.45, 7) is 15.6. The van der Waals surface area contributed by atoms with Gasteiger partial charge in [0.25, 0.3) is 0 Å². The van der Waals surface area contributed by atoms with E-state index in [1.54, 1.807) is 0 Å². The van der Waals surface area contributed by atoms with Crippen molar-refractivity contribution in [3.8, 4) is 6.07 Å². The standard InChI is InChI=1S/C25H37N3/c1-24(2)14-21(15-25(3,4)18-24)22-13-20(16-26)7-8-23(22)28-11-9-27(10-12-28)17-19-5-6-19/h7-8,13,19,21H,5-6,9-12,14-15,17-18H2,1-4H3. The highest BCUT2D eigenvalue weighted by atomic mass is 15.3. The van der Waals surface area contributed by atoms with Crippen LogP contribution in [0.25, 0.3) is 0 Å². The zero-order valence-corrected chi connectivity index (χ0v) is 18.3. The summed E-state index contributed by atoms with van der Waals surface area (Å²) in [5.41, 5.74) is 4.34. The summed E-state index contributed by atoms with van der Waals surface area (Å²) in [6, 6.07) is 8.85. The molecular formula is C25H37N3. The first kappa shape index (κ1) is 19.8. The Labute approximate surface area is 171 Å². The smallest absolute Gasteiger partial charge is 0.0991 e. The molecule has 2 aliphatic carbocycles. The fourth-order valence-electron chi connectivity index (χ4n) is 6.14. The number of anilines is 1. The molecule has 0 aromatic heterocycles. The summed E-state index contributed by atoms with van der Waals surface area (Å²) in [7, 11) is 0. The van der Waals surface area contributed by atoms with E-state index in [1.807, 2.05) is 6.07 Å². The van der Waals surface area contributed by atoms with Gasteiger partial charge >= 0.3 is 0 Å². The lowest BCUT2D eigenvalue weighted by Gasteiger charge is -2.46. The Bertz CT molecular complexity index is 730. The number of nitriles is 1. The topological polar surface area (TPSA) is 30.3 Å². The average Bonchev–Trinajstić information content (AvgIpc) is 3.43. The molecule has 3 heteroatoms. The van der Waals surface area contributed by atoms with Crippen molar-refractivity contribution in [2.24, 2.45) is 16.7 Å². The van der Waals surface area contributed by atoms with E-state index in [1.165, 1.54) is 63.0 Å². The molecular weight excluding hydrogens is 342 g/mol. The molecule has 1 aliphatic heterocycles. The maximum Gasteiger partial charge on any atom is 0.0991 e. The molecule has 1 aromatic carbocycles. The van der Waals surface area contributed by atoms with Crippen LogP contribution in [0, 0.1) is 28.1 Å². The normalized spacial score (nSPS) is 25.5. The molecule has 0 unspecified atom stereocenters. The second-order valence-electron chi connectivity index (χ2n) is 11.2. The number of nitrogens with zero attached hydrogens (tertiary/aromatic N) is 3. The quantitative estimate of drug-likeness (QED) is 0.701. The average molecular weight is 380 g/mol. The van der Waals surface area contributed by atoms with E-state index in [0.717, 1.165) is 24.6 Å². The van der Waals surface area contributed by atoms with E-state index in [4.69, 9.17) is 0 Å². The highest BCUT2D eigenvalue weighted by Gasteiger charge is 2.40. The van der Waals surface area contributed by atoms with Gasteiger partial charge in [-0.05, 0) is 78.5 Å². The number of hydrogen-bond donors (Lipinski definition) is 0. The summed E-state index contributed by atoms with van der Waals surface area (Å²) >= 11 is 0. The first-order valence-electron chi connectivity index (χ1n) is 11.3. The Morgan fingerprint density at radius 1 is 1.00 bits per heavy atom. The molecule has 3 fully saturated rings. The fraction of sp³-hybridized carbons (Fsp3) is 0.720. The molecule has 0 radical (unpaired) electrons. The summed E-state index contributed by atoms with van der Waals surface area (Å²) in [5.74, 6) is 1.52. The van der Waals surface area contributed by atoms with Gasteiger partial charge in [0, 0.05) is 38.4 Å². The molecule has 3 nitrogen and oxygen atoms in total. The second-order valence-corrected chi connectivity index (χ2v) is 11.2. The van der Waals surface area contributed by atoms with Crippen LogP contribution in [0.15, 0.2) is 18.2 Å². The number of piperazine rings is 1. The van der Waals surface area contributed by atoms with Crippen LogP contribution in [0.3, 0.4) is 0 Å². The first-order chi connectivity index (χ1) is 13.2. The lowest BCUT2D eigenvalue weighted by atomic mass is 9.60. The zero-order valence-electron chi connectivity index (χ0n) is 18.3. The predicted molar refractivity (Wildman–Crippen MR) is 117 cm³/mol. The van der Waals surface area contributed by atoms with Gasteiger partial charge in [0.1, 0.15) is 0 Å². The SMILES string of the molecule is CC1(C)CC(c2cc(C#N)ccc2N2CCN(CC3CC3)CC2)CC(C)(C)C1. The van der Waals surface area contributed by atoms with Gasteiger partial charge in [-0.2, -0.15) is 5.26 Å². The van der Waals surface area contributed by atoms with E-state index in [-0.39, 0.29) is 0 Å². The Kier molecular flexibility index (Phi) is 5.21. The van der Waals surface area contributed by atoms with Crippen molar-refractivity contribution in [2.45, 2.75) is 65.7 Å². The van der Waals surface area contributed by atoms with Crippen LogP contribution in [-0.2, 0) is 0 Å². The van der Waals surface area contributed by atoms with Crippen LogP contribution in [0.5, 0.6) is 0 Å². The molecule has 0 N–H and O–H groups in total. The minimum absolute atomic E-state index is 0.356. The third kappa shape index (κ3) is 4.54. The minimum atomic E-state index is 0.356. The van der Waals surface area contributed by atoms with Crippen molar-refractivity contribution in [1.82, 2.24) is 4.90 Å². The van der Waals surface area contributed by atoms with E-state index in [2.05, 4.69) is 55.7 Å². The highest BCUT2D eigenvalue weighted by Crippen LogP contribution is 2.53. The molecule has 0 atom stereocenters. The number of benzene rings is 1.